The smallest absolute Gasteiger partial charge is 0.259 e. The second-order valence-electron chi connectivity index (χ2n) is 8.02. The summed E-state index contributed by atoms with van der Waals surface area (Å²) in [7, 11) is 0. The molecule has 3 heterocycles. The summed E-state index contributed by atoms with van der Waals surface area (Å²) in [5.74, 6) is 0.585. The number of aliphatic hydroxyl groups is 2. The molecule has 8 heteroatoms. The van der Waals surface area contributed by atoms with E-state index >= 15 is 0 Å². The van der Waals surface area contributed by atoms with Crippen molar-refractivity contribution in [3.05, 3.63) is 48.0 Å². The average Bonchev–Trinajstić information content (AvgIpc) is 3.24. The number of anilines is 1. The van der Waals surface area contributed by atoms with Crippen LogP contribution in [0.5, 0.6) is 5.75 Å². The lowest BCUT2D eigenvalue weighted by Crippen LogP contribution is -2.63. The van der Waals surface area contributed by atoms with Gasteiger partial charge in [0.15, 0.2) is 12.3 Å². The van der Waals surface area contributed by atoms with E-state index in [2.05, 4.69) is 11.4 Å². The number of hydrogen-bond donors (Lipinski definition) is 3. The van der Waals surface area contributed by atoms with Crippen molar-refractivity contribution in [2.45, 2.75) is 11.8 Å². The van der Waals surface area contributed by atoms with Gasteiger partial charge in [0.25, 0.3) is 5.91 Å². The first kappa shape index (κ1) is 19.3. The molecule has 3 aliphatic rings. The molecule has 2 aromatic rings. The standard InChI is InChI=1S/C22H25N3O5/c26-20(24-7-9-25(10-8-24)21(27)22(28)12-29-13-22)16-3-1-15(2-4-16)17-5-6-19-18(11-17)23-14-30-19/h1-6,11,20,23,26,28H,7-10,12-14H2. The van der Waals surface area contributed by atoms with E-state index in [9.17, 15) is 15.0 Å². The van der Waals surface area contributed by atoms with Gasteiger partial charge in [-0.2, -0.15) is 0 Å². The van der Waals surface area contributed by atoms with Crippen molar-refractivity contribution in [2.75, 3.05) is 51.4 Å². The summed E-state index contributed by atoms with van der Waals surface area (Å²) in [6.45, 7) is 2.66. The van der Waals surface area contributed by atoms with Crippen LogP contribution < -0.4 is 10.1 Å². The summed E-state index contributed by atoms with van der Waals surface area (Å²) < 4.78 is 10.4. The number of rotatable bonds is 4. The number of benzene rings is 2. The van der Waals surface area contributed by atoms with E-state index in [0.717, 1.165) is 28.1 Å². The fraction of sp³-hybridized carbons (Fsp3) is 0.409. The number of hydrogen-bond acceptors (Lipinski definition) is 7. The largest absolute Gasteiger partial charge is 0.471 e. The minimum atomic E-state index is -1.37. The zero-order valence-corrected chi connectivity index (χ0v) is 16.6. The first-order valence-electron chi connectivity index (χ1n) is 10.2. The minimum absolute atomic E-state index is 0.0638. The Balaban J connectivity index is 1.22. The molecule has 2 saturated heterocycles. The van der Waals surface area contributed by atoms with E-state index in [-0.39, 0.29) is 19.1 Å². The highest BCUT2D eigenvalue weighted by Gasteiger charge is 2.46. The molecule has 2 aromatic carbocycles. The lowest BCUT2D eigenvalue weighted by Gasteiger charge is -2.43. The van der Waals surface area contributed by atoms with Gasteiger partial charge in [0, 0.05) is 26.2 Å². The van der Waals surface area contributed by atoms with Crippen LogP contribution in [0.25, 0.3) is 11.1 Å². The van der Waals surface area contributed by atoms with E-state index in [4.69, 9.17) is 9.47 Å². The van der Waals surface area contributed by atoms with Crippen molar-refractivity contribution in [3.63, 3.8) is 0 Å². The van der Waals surface area contributed by atoms with Crippen molar-refractivity contribution in [1.29, 1.82) is 0 Å². The van der Waals surface area contributed by atoms with Gasteiger partial charge in [-0.1, -0.05) is 30.3 Å². The van der Waals surface area contributed by atoms with Crippen molar-refractivity contribution < 1.29 is 24.5 Å². The van der Waals surface area contributed by atoms with E-state index in [1.807, 2.05) is 41.3 Å². The number of carbonyl (C=O) groups is 1. The molecule has 0 saturated carbocycles. The van der Waals surface area contributed by atoms with Crippen LogP contribution >= 0.6 is 0 Å². The highest BCUT2D eigenvalue weighted by atomic mass is 16.5. The van der Waals surface area contributed by atoms with Gasteiger partial charge < -0.3 is 29.9 Å². The van der Waals surface area contributed by atoms with Gasteiger partial charge in [0.1, 0.15) is 12.0 Å². The highest BCUT2D eigenvalue weighted by Crippen LogP contribution is 2.34. The second kappa shape index (κ2) is 7.55. The van der Waals surface area contributed by atoms with Crippen LogP contribution in [0.2, 0.25) is 0 Å². The van der Waals surface area contributed by atoms with Gasteiger partial charge in [-0.3, -0.25) is 9.69 Å². The average molecular weight is 411 g/mol. The molecule has 158 valence electrons. The molecule has 0 bridgehead atoms. The number of carbonyl (C=O) groups excluding carboxylic acids is 1. The first-order valence-corrected chi connectivity index (χ1v) is 10.2. The number of nitrogens with zero attached hydrogens (tertiary/aromatic N) is 2. The van der Waals surface area contributed by atoms with Crippen LogP contribution in [0.3, 0.4) is 0 Å². The summed E-state index contributed by atoms with van der Waals surface area (Å²) in [6.07, 6.45) is -0.735. The molecule has 1 unspecified atom stereocenters. The molecule has 3 aliphatic heterocycles. The molecule has 3 N–H and O–H groups in total. The Morgan fingerprint density at radius 2 is 1.73 bits per heavy atom. The maximum absolute atomic E-state index is 12.4. The molecule has 1 atom stereocenters. The lowest BCUT2D eigenvalue weighted by molar-refractivity contribution is -0.202. The monoisotopic (exact) mass is 411 g/mol. The third-order valence-electron chi connectivity index (χ3n) is 6.04. The van der Waals surface area contributed by atoms with Gasteiger partial charge in [0.05, 0.1) is 18.9 Å². The Morgan fingerprint density at radius 1 is 1.03 bits per heavy atom. The number of nitrogens with one attached hydrogen (secondary N) is 1. The quantitative estimate of drug-likeness (QED) is 0.691. The molecule has 0 radical (unpaired) electrons. The number of ether oxygens (including phenoxy) is 2. The number of amides is 1. The van der Waals surface area contributed by atoms with Crippen LogP contribution in [0.15, 0.2) is 42.5 Å². The normalized spacial score (nSPS) is 21.2. The lowest BCUT2D eigenvalue weighted by atomic mass is 10.00. The Morgan fingerprint density at radius 3 is 2.40 bits per heavy atom. The van der Waals surface area contributed by atoms with Crippen LogP contribution in [0.4, 0.5) is 5.69 Å². The molecular formula is C22H25N3O5. The summed E-state index contributed by atoms with van der Waals surface area (Å²) in [6, 6.07) is 13.9. The third-order valence-corrected chi connectivity index (χ3v) is 6.04. The van der Waals surface area contributed by atoms with Gasteiger partial charge in [-0.15, -0.1) is 0 Å². The Hall–Kier alpha value is -2.65. The topological polar surface area (TPSA) is 94.5 Å². The van der Waals surface area contributed by atoms with Crippen molar-refractivity contribution in [3.8, 4) is 16.9 Å². The summed E-state index contributed by atoms with van der Waals surface area (Å²) >= 11 is 0. The minimum Gasteiger partial charge on any atom is -0.471 e. The summed E-state index contributed by atoms with van der Waals surface area (Å²) in [5.41, 5.74) is 2.58. The number of aliphatic hydroxyl groups excluding tert-OH is 1. The molecule has 30 heavy (non-hydrogen) atoms. The summed E-state index contributed by atoms with van der Waals surface area (Å²) in [4.78, 5) is 16.0. The van der Waals surface area contributed by atoms with Crippen LogP contribution in [-0.4, -0.2) is 77.6 Å². The fourth-order valence-corrected chi connectivity index (χ4v) is 4.11. The molecule has 0 aliphatic carbocycles. The SMILES string of the molecule is O=C(N1CCN(C(O)c2ccc(-c3ccc4c(c3)NCO4)cc2)CC1)C1(O)COC1. The molecular weight excluding hydrogens is 386 g/mol. The van der Waals surface area contributed by atoms with Crippen LogP contribution in [0, 0.1) is 0 Å². The number of piperazine rings is 1. The van der Waals surface area contributed by atoms with Crippen molar-refractivity contribution >= 4 is 11.6 Å². The number of fused-ring (bicyclic) bond motifs is 1. The predicted molar refractivity (Wildman–Crippen MR) is 110 cm³/mol. The van der Waals surface area contributed by atoms with Gasteiger partial charge >= 0.3 is 0 Å². The molecule has 0 aromatic heterocycles. The zero-order chi connectivity index (χ0) is 20.7. The van der Waals surface area contributed by atoms with Crippen LogP contribution in [0.1, 0.15) is 11.8 Å². The van der Waals surface area contributed by atoms with E-state index in [0.29, 0.717) is 32.9 Å². The maximum atomic E-state index is 12.4. The van der Waals surface area contributed by atoms with Crippen LogP contribution in [-0.2, 0) is 9.53 Å². The van der Waals surface area contributed by atoms with E-state index < -0.39 is 11.8 Å². The second-order valence-corrected chi connectivity index (χ2v) is 8.02. The zero-order valence-electron chi connectivity index (χ0n) is 16.6. The predicted octanol–water partition coefficient (Wildman–Crippen LogP) is 1.01. The molecule has 8 nitrogen and oxygen atoms in total. The van der Waals surface area contributed by atoms with Gasteiger partial charge in [-0.05, 0) is 28.8 Å². The molecule has 5 rings (SSSR count). The molecule has 0 spiro atoms. The Labute approximate surface area is 174 Å². The molecule has 2 fully saturated rings. The first-order chi connectivity index (χ1) is 14.5. The van der Waals surface area contributed by atoms with Gasteiger partial charge in [-0.25, -0.2) is 0 Å². The van der Waals surface area contributed by atoms with Crippen molar-refractivity contribution in [1.82, 2.24) is 9.80 Å². The third kappa shape index (κ3) is 3.41. The van der Waals surface area contributed by atoms with Crippen molar-refractivity contribution in [2.24, 2.45) is 0 Å². The Bertz CT molecular complexity index is 936. The highest BCUT2D eigenvalue weighted by molar-refractivity contribution is 5.86. The van der Waals surface area contributed by atoms with E-state index in [1.54, 1.807) is 4.90 Å². The Kier molecular flexibility index (Phi) is 4.86. The summed E-state index contributed by atoms with van der Waals surface area (Å²) in [5, 5.41) is 24.2. The maximum Gasteiger partial charge on any atom is 0.259 e. The van der Waals surface area contributed by atoms with E-state index in [1.165, 1.54) is 0 Å². The molecule has 1 amide bonds. The fourth-order valence-electron chi connectivity index (χ4n) is 4.11. The van der Waals surface area contributed by atoms with Gasteiger partial charge in [0.2, 0.25) is 0 Å².